The number of hydrogen-bond donors (Lipinski definition) is 0. The minimum absolute atomic E-state index is 0.0694. The van der Waals surface area contributed by atoms with Crippen LogP contribution in [0.2, 0.25) is 5.02 Å². The summed E-state index contributed by atoms with van der Waals surface area (Å²) >= 11 is 6.00. The van der Waals surface area contributed by atoms with Crippen LogP contribution in [0.1, 0.15) is 23.2 Å². The molecule has 7 heteroatoms. The number of benzene rings is 1. The van der Waals surface area contributed by atoms with Crippen molar-refractivity contribution >= 4 is 17.5 Å². The van der Waals surface area contributed by atoms with Crippen LogP contribution in [0, 0.1) is 5.92 Å². The normalized spacial score (nSPS) is 28.2. The molecule has 0 N–H and O–H groups in total. The molecule has 1 amide bonds. The van der Waals surface area contributed by atoms with Crippen molar-refractivity contribution in [3.63, 3.8) is 0 Å². The molecule has 0 bridgehead atoms. The summed E-state index contributed by atoms with van der Waals surface area (Å²) in [5.41, 5.74) is 0.785. The van der Waals surface area contributed by atoms with Gasteiger partial charge in [0.05, 0.1) is 24.8 Å². The highest BCUT2D eigenvalue weighted by Gasteiger charge is 2.54. The number of ether oxygens (including phenoxy) is 2. The zero-order valence-electron chi connectivity index (χ0n) is 16.9. The molecule has 158 valence electrons. The van der Waals surface area contributed by atoms with Crippen molar-refractivity contribution in [2.75, 3.05) is 65.7 Å². The minimum Gasteiger partial charge on any atom is -0.381 e. The number of morpholine rings is 1. The molecule has 0 aromatic heterocycles. The Morgan fingerprint density at radius 3 is 2.59 bits per heavy atom. The molecule has 4 aliphatic heterocycles. The molecule has 1 atom stereocenters. The van der Waals surface area contributed by atoms with E-state index in [2.05, 4.69) is 9.80 Å². The first kappa shape index (κ1) is 19.8. The molecule has 1 spiro atoms. The maximum atomic E-state index is 13.2. The van der Waals surface area contributed by atoms with E-state index in [1.807, 2.05) is 17.0 Å². The maximum absolute atomic E-state index is 13.2. The predicted octanol–water partition coefficient (Wildman–Crippen LogP) is 1.98. The molecule has 29 heavy (non-hydrogen) atoms. The average Bonchev–Trinajstić information content (AvgIpc) is 2.73. The van der Waals surface area contributed by atoms with Gasteiger partial charge in [0.15, 0.2) is 0 Å². The number of carbonyl (C=O) groups excluding carboxylic acids is 1. The van der Waals surface area contributed by atoms with Gasteiger partial charge in [0, 0.05) is 63.1 Å². The van der Waals surface area contributed by atoms with Gasteiger partial charge in [0.1, 0.15) is 0 Å². The number of hydrogen-bond acceptors (Lipinski definition) is 5. The molecular weight excluding hydrogens is 390 g/mol. The van der Waals surface area contributed by atoms with E-state index in [0.717, 1.165) is 65.0 Å². The topological polar surface area (TPSA) is 45.2 Å². The third-order valence-electron chi connectivity index (χ3n) is 7.02. The van der Waals surface area contributed by atoms with Crippen LogP contribution in [-0.2, 0) is 9.47 Å². The SMILES string of the molecule is O=C(c1ccc(Cl)cc1)N1CC2COCCN2C2(CN(CC3CCOCC3)C2)C1. The number of carbonyl (C=O) groups is 1. The summed E-state index contributed by atoms with van der Waals surface area (Å²) in [6, 6.07) is 7.55. The van der Waals surface area contributed by atoms with Gasteiger partial charge in [0.2, 0.25) is 0 Å². The summed E-state index contributed by atoms with van der Waals surface area (Å²) in [6.45, 7) is 9.07. The molecule has 1 aromatic carbocycles. The molecule has 1 unspecified atom stereocenters. The van der Waals surface area contributed by atoms with Gasteiger partial charge in [-0.2, -0.15) is 0 Å². The van der Waals surface area contributed by atoms with Gasteiger partial charge in [-0.3, -0.25) is 14.6 Å². The number of halogens is 1. The summed E-state index contributed by atoms with van der Waals surface area (Å²) in [4.78, 5) is 20.5. The van der Waals surface area contributed by atoms with Gasteiger partial charge >= 0.3 is 0 Å². The molecule has 4 heterocycles. The van der Waals surface area contributed by atoms with Crippen LogP contribution in [0.25, 0.3) is 0 Å². The molecule has 4 fully saturated rings. The second-order valence-electron chi connectivity index (χ2n) is 9.06. The molecule has 4 saturated heterocycles. The summed E-state index contributed by atoms with van der Waals surface area (Å²) in [5.74, 6) is 0.853. The van der Waals surface area contributed by atoms with Crippen molar-refractivity contribution in [3.05, 3.63) is 34.9 Å². The number of amides is 1. The lowest BCUT2D eigenvalue weighted by Gasteiger charge is -2.63. The number of likely N-dealkylation sites (tertiary alicyclic amines) is 1. The Hall–Kier alpha value is -1.18. The Morgan fingerprint density at radius 2 is 1.83 bits per heavy atom. The summed E-state index contributed by atoms with van der Waals surface area (Å²) in [6.07, 6.45) is 2.34. The summed E-state index contributed by atoms with van der Waals surface area (Å²) in [5, 5.41) is 0.659. The van der Waals surface area contributed by atoms with Gasteiger partial charge < -0.3 is 14.4 Å². The van der Waals surface area contributed by atoms with E-state index in [9.17, 15) is 4.79 Å². The second kappa shape index (κ2) is 8.16. The average molecular weight is 420 g/mol. The van der Waals surface area contributed by atoms with Crippen LogP contribution in [0.15, 0.2) is 24.3 Å². The summed E-state index contributed by atoms with van der Waals surface area (Å²) in [7, 11) is 0. The van der Waals surface area contributed by atoms with Crippen LogP contribution < -0.4 is 0 Å². The van der Waals surface area contributed by atoms with Crippen molar-refractivity contribution in [2.24, 2.45) is 5.92 Å². The molecule has 0 radical (unpaired) electrons. The van der Waals surface area contributed by atoms with E-state index in [-0.39, 0.29) is 11.4 Å². The van der Waals surface area contributed by atoms with E-state index in [4.69, 9.17) is 21.1 Å². The fraction of sp³-hybridized carbons (Fsp3) is 0.682. The van der Waals surface area contributed by atoms with Crippen LogP contribution >= 0.6 is 11.6 Å². The minimum atomic E-state index is 0.0694. The maximum Gasteiger partial charge on any atom is 0.253 e. The van der Waals surface area contributed by atoms with Gasteiger partial charge in [0.25, 0.3) is 5.91 Å². The second-order valence-corrected chi connectivity index (χ2v) is 9.50. The van der Waals surface area contributed by atoms with Gasteiger partial charge in [-0.15, -0.1) is 0 Å². The lowest BCUT2D eigenvalue weighted by molar-refractivity contribution is -0.161. The van der Waals surface area contributed by atoms with Crippen LogP contribution in [0.3, 0.4) is 0 Å². The van der Waals surface area contributed by atoms with Crippen molar-refractivity contribution in [1.82, 2.24) is 14.7 Å². The number of rotatable bonds is 3. The third-order valence-corrected chi connectivity index (χ3v) is 7.28. The van der Waals surface area contributed by atoms with Crippen LogP contribution in [-0.4, -0.2) is 97.9 Å². The van der Waals surface area contributed by atoms with Crippen molar-refractivity contribution in [2.45, 2.75) is 24.4 Å². The van der Waals surface area contributed by atoms with E-state index in [0.29, 0.717) is 23.2 Å². The Balaban J connectivity index is 1.29. The lowest BCUT2D eigenvalue weighted by atomic mass is 9.81. The molecule has 1 aromatic rings. The number of piperazine rings is 1. The highest BCUT2D eigenvalue weighted by molar-refractivity contribution is 6.30. The van der Waals surface area contributed by atoms with E-state index < -0.39 is 0 Å². The highest BCUT2D eigenvalue weighted by Crippen LogP contribution is 2.37. The third kappa shape index (κ3) is 3.93. The Morgan fingerprint density at radius 1 is 1.07 bits per heavy atom. The first-order valence-electron chi connectivity index (χ1n) is 10.8. The number of fused-ring (bicyclic) bond motifs is 2. The van der Waals surface area contributed by atoms with E-state index in [1.165, 1.54) is 12.8 Å². The predicted molar refractivity (Wildman–Crippen MR) is 111 cm³/mol. The summed E-state index contributed by atoms with van der Waals surface area (Å²) < 4.78 is 11.3. The van der Waals surface area contributed by atoms with E-state index >= 15 is 0 Å². The standard InChI is InChI=1S/C22H30ClN3O3/c23-19-3-1-18(2-4-19)21(27)25-12-20-13-29-10-7-26(20)22(16-25)14-24(15-22)11-17-5-8-28-9-6-17/h1-4,17,20H,5-16H2. The number of nitrogens with zero attached hydrogens (tertiary/aromatic N) is 3. The van der Waals surface area contributed by atoms with Crippen molar-refractivity contribution < 1.29 is 14.3 Å². The molecule has 0 saturated carbocycles. The fourth-order valence-corrected chi connectivity index (χ4v) is 5.74. The largest absolute Gasteiger partial charge is 0.381 e. The molecule has 6 nitrogen and oxygen atoms in total. The van der Waals surface area contributed by atoms with E-state index in [1.54, 1.807) is 12.1 Å². The van der Waals surface area contributed by atoms with Crippen molar-refractivity contribution in [3.8, 4) is 0 Å². The van der Waals surface area contributed by atoms with Crippen molar-refractivity contribution in [1.29, 1.82) is 0 Å². The Labute approximate surface area is 177 Å². The smallest absolute Gasteiger partial charge is 0.253 e. The van der Waals surface area contributed by atoms with Gasteiger partial charge in [-0.25, -0.2) is 0 Å². The first-order valence-corrected chi connectivity index (χ1v) is 11.2. The quantitative estimate of drug-likeness (QED) is 0.749. The molecular formula is C22H30ClN3O3. The molecule has 0 aliphatic carbocycles. The lowest BCUT2D eigenvalue weighted by Crippen LogP contribution is -2.81. The fourth-order valence-electron chi connectivity index (χ4n) is 5.62. The monoisotopic (exact) mass is 419 g/mol. The Bertz CT molecular complexity index is 731. The van der Waals surface area contributed by atoms with Gasteiger partial charge in [-0.1, -0.05) is 11.6 Å². The van der Waals surface area contributed by atoms with Crippen LogP contribution in [0.4, 0.5) is 0 Å². The zero-order chi connectivity index (χ0) is 19.8. The first-order chi connectivity index (χ1) is 14.1. The highest BCUT2D eigenvalue weighted by atomic mass is 35.5. The zero-order valence-corrected chi connectivity index (χ0v) is 17.6. The van der Waals surface area contributed by atoms with Crippen LogP contribution in [0.5, 0.6) is 0 Å². The molecule has 4 aliphatic rings. The molecule has 5 rings (SSSR count). The van der Waals surface area contributed by atoms with Gasteiger partial charge in [-0.05, 0) is 43.0 Å². The Kier molecular flexibility index (Phi) is 5.56.